The van der Waals surface area contributed by atoms with Crippen LogP contribution < -0.4 is 17.0 Å². The SMILES string of the molecule is C#CCn1c(=O)n([C@@H]2O[C@H](CO)C[C@H]2O)c2nc(N)[nH]c(=O)c21. The molecule has 0 bridgehead atoms. The molecule has 23 heavy (non-hydrogen) atoms. The summed E-state index contributed by atoms with van der Waals surface area (Å²) in [5.74, 6) is 2.11. The van der Waals surface area contributed by atoms with E-state index in [1.807, 2.05) is 0 Å². The van der Waals surface area contributed by atoms with Crippen LogP contribution >= 0.6 is 0 Å². The summed E-state index contributed by atoms with van der Waals surface area (Å²) in [6.07, 6.45) is 2.64. The normalized spacial score (nSPS) is 24.1. The fraction of sp³-hybridized carbons (Fsp3) is 0.462. The molecule has 1 aliphatic heterocycles. The van der Waals surface area contributed by atoms with Crippen molar-refractivity contribution >= 4 is 17.1 Å². The summed E-state index contributed by atoms with van der Waals surface area (Å²) in [4.78, 5) is 31.0. The van der Waals surface area contributed by atoms with Gasteiger partial charge in [0.1, 0.15) is 6.10 Å². The van der Waals surface area contributed by atoms with Gasteiger partial charge in [-0.05, 0) is 0 Å². The molecule has 0 aliphatic carbocycles. The highest BCUT2D eigenvalue weighted by Gasteiger charge is 2.38. The lowest BCUT2D eigenvalue weighted by Gasteiger charge is -2.15. The van der Waals surface area contributed by atoms with Crippen LogP contribution in [0.4, 0.5) is 5.95 Å². The molecular formula is C13H15N5O5. The maximum Gasteiger partial charge on any atom is 0.333 e. The van der Waals surface area contributed by atoms with Crippen LogP contribution in [-0.2, 0) is 11.3 Å². The molecule has 1 fully saturated rings. The van der Waals surface area contributed by atoms with Crippen molar-refractivity contribution in [3.63, 3.8) is 0 Å². The maximum absolute atomic E-state index is 12.6. The Morgan fingerprint density at radius 1 is 1.52 bits per heavy atom. The summed E-state index contributed by atoms with van der Waals surface area (Å²) >= 11 is 0. The van der Waals surface area contributed by atoms with Crippen LogP contribution in [0.1, 0.15) is 12.6 Å². The van der Waals surface area contributed by atoms with E-state index in [2.05, 4.69) is 15.9 Å². The van der Waals surface area contributed by atoms with Gasteiger partial charge in [0.05, 0.1) is 19.3 Å². The van der Waals surface area contributed by atoms with Crippen molar-refractivity contribution in [1.29, 1.82) is 0 Å². The average molecular weight is 321 g/mol. The third-order valence-corrected chi connectivity index (χ3v) is 3.70. The predicted molar refractivity (Wildman–Crippen MR) is 79.5 cm³/mol. The minimum atomic E-state index is -1.09. The number of aromatic nitrogens is 4. The van der Waals surface area contributed by atoms with Crippen LogP contribution in [-0.4, -0.2) is 48.1 Å². The number of ether oxygens (including phenoxy) is 1. The van der Waals surface area contributed by atoms with Crippen molar-refractivity contribution in [3.05, 3.63) is 20.8 Å². The van der Waals surface area contributed by atoms with Gasteiger partial charge < -0.3 is 20.7 Å². The molecule has 3 heterocycles. The molecule has 5 N–H and O–H groups in total. The van der Waals surface area contributed by atoms with E-state index < -0.39 is 29.7 Å². The molecule has 1 saturated heterocycles. The number of rotatable bonds is 3. The monoisotopic (exact) mass is 321 g/mol. The van der Waals surface area contributed by atoms with E-state index in [-0.39, 0.29) is 36.7 Å². The molecule has 1 aliphatic rings. The van der Waals surface area contributed by atoms with Crippen LogP contribution in [0.5, 0.6) is 0 Å². The van der Waals surface area contributed by atoms with E-state index in [1.165, 1.54) is 0 Å². The van der Waals surface area contributed by atoms with Gasteiger partial charge in [0.25, 0.3) is 5.56 Å². The largest absolute Gasteiger partial charge is 0.394 e. The summed E-state index contributed by atoms with van der Waals surface area (Å²) in [7, 11) is 0. The molecule has 0 saturated carbocycles. The standard InChI is InChI=1S/C13H15N5O5/c1-2-3-17-8-9(15-12(14)16-10(8)21)18(13(17)22)11-7(20)4-6(5-19)23-11/h1,6-7,11,19-20H,3-5H2,(H3,14,15,16,21)/t6-,7+,11+/m0/s1. The average Bonchev–Trinajstić information content (AvgIpc) is 2.98. The number of terminal acetylenes is 1. The summed E-state index contributed by atoms with van der Waals surface area (Å²) in [6.45, 7) is -0.454. The molecule has 10 heteroatoms. The summed E-state index contributed by atoms with van der Waals surface area (Å²) in [5, 5.41) is 19.3. The van der Waals surface area contributed by atoms with Gasteiger partial charge in [0.15, 0.2) is 17.4 Å². The number of nitrogens with one attached hydrogen (secondary N) is 1. The van der Waals surface area contributed by atoms with Crippen molar-refractivity contribution in [1.82, 2.24) is 19.1 Å². The van der Waals surface area contributed by atoms with E-state index in [4.69, 9.17) is 22.0 Å². The van der Waals surface area contributed by atoms with E-state index in [1.54, 1.807) is 0 Å². The van der Waals surface area contributed by atoms with Gasteiger partial charge in [-0.25, -0.2) is 9.36 Å². The third-order valence-electron chi connectivity index (χ3n) is 3.70. The van der Waals surface area contributed by atoms with E-state index >= 15 is 0 Å². The van der Waals surface area contributed by atoms with Crippen molar-refractivity contribution in [2.45, 2.75) is 31.4 Å². The topological polar surface area (TPSA) is 148 Å². The number of hydrogen-bond acceptors (Lipinski definition) is 7. The van der Waals surface area contributed by atoms with Crippen molar-refractivity contribution in [2.24, 2.45) is 0 Å². The predicted octanol–water partition coefficient (Wildman–Crippen LogP) is -2.26. The molecule has 2 aromatic heterocycles. The van der Waals surface area contributed by atoms with Crippen LogP contribution in [0.2, 0.25) is 0 Å². The van der Waals surface area contributed by atoms with Gasteiger partial charge in [0.2, 0.25) is 5.95 Å². The van der Waals surface area contributed by atoms with Gasteiger partial charge in [0, 0.05) is 6.42 Å². The lowest BCUT2D eigenvalue weighted by atomic mass is 10.2. The van der Waals surface area contributed by atoms with Crippen LogP contribution in [0.3, 0.4) is 0 Å². The number of nitrogen functional groups attached to an aromatic ring is 1. The smallest absolute Gasteiger partial charge is 0.333 e. The zero-order valence-electron chi connectivity index (χ0n) is 12.0. The Morgan fingerprint density at radius 2 is 2.26 bits per heavy atom. The fourth-order valence-corrected chi connectivity index (χ4v) is 2.75. The van der Waals surface area contributed by atoms with Crippen molar-refractivity contribution < 1.29 is 14.9 Å². The Bertz CT molecular complexity index is 904. The lowest BCUT2D eigenvalue weighted by molar-refractivity contribution is -0.0505. The van der Waals surface area contributed by atoms with Crippen molar-refractivity contribution in [3.8, 4) is 12.3 Å². The number of nitrogens with zero attached hydrogens (tertiary/aromatic N) is 3. The Kier molecular flexibility index (Phi) is 3.69. The molecule has 0 aromatic carbocycles. The number of H-pyrrole nitrogens is 1. The van der Waals surface area contributed by atoms with Gasteiger partial charge in [-0.2, -0.15) is 4.98 Å². The Balaban J connectivity index is 2.29. The highest BCUT2D eigenvalue weighted by molar-refractivity contribution is 5.72. The minimum Gasteiger partial charge on any atom is -0.394 e. The summed E-state index contributed by atoms with van der Waals surface area (Å²) in [6, 6.07) is 0. The first-order chi connectivity index (χ1) is 11.0. The van der Waals surface area contributed by atoms with Crippen molar-refractivity contribution in [2.75, 3.05) is 12.3 Å². The van der Waals surface area contributed by atoms with Crippen LogP contribution in [0.25, 0.3) is 11.2 Å². The Labute approximate surface area is 129 Å². The maximum atomic E-state index is 12.6. The molecule has 0 amide bonds. The Morgan fingerprint density at radius 3 is 2.87 bits per heavy atom. The number of anilines is 1. The number of aliphatic hydroxyl groups is 2. The molecule has 2 aromatic rings. The second-order valence-corrected chi connectivity index (χ2v) is 5.20. The minimum absolute atomic E-state index is 0.0332. The first-order valence-electron chi connectivity index (χ1n) is 6.86. The van der Waals surface area contributed by atoms with Gasteiger partial charge in [-0.3, -0.25) is 14.3 Å². The number of hydrogen-bond donors (Lipinski definition) is 4. The quantitative estimate of drug-likeness (QED) is 0.466. The molecule has 0 radical (unpaired) electrons. The lowest BCUT2D eigenvalue weighted by Crippen LogP contribution is -2.32. The number of imidazole rings is 1. The van der Waals surface area contributed by atoms with Crippen LogP contribution in [0.15, 0.2) is 9.59 Å². The van der Waals surface area contributed by atoms with Gasteiger partial charge in [-0.1, -0.05) is 5.92 Å². The zero-order valence-corrected chi connectivity index (χ0v) is 12.0. The fourth-order valence-electron chi connectivity index (χ4n) is 2.75. The second kappa shape index (κ2) is 5.54. The Hall–Kier alpha value is -2.61. The zero-order chi connectivity index (χ0) is 16.7. The molecule has 3 atom stereocenters. The van der Waals surface area contributed by atoms with E-state index in [0.29, 0.717) is 0 Å². The molecule has 0 spiro atoms. The molecule has 122 valence electrons. The highest BCUT2D eigenvalue weighted by atomic mass is 16.5. The third kappa shape index (κ3) is 2.31. The molecule has 3 rings (SSSR count). The number of fused-ring (bicyclic) bond motifs is 1. The van der Waals surface area contributed by atoms with E-state index in [9.17, 15) is 14.7 Å². The summed E-state index contributed by atoms with van der Waals surface area (Å²) in [5.41, 5.74) is 4.19. The second-order valence-electron chi connectivity index (χ2n) is 5.20. The number of aliphatic hydroxyl groups excluding tert-OH is 2. The summed E-state index contributed by atoms with van der Waals surface area (Å²) < 4.78 is 7.57. The van der Waals surface area contributed by atoms with Crippen LogP contribution in [0, 0.1) is 12.3 Å². The molecule has 0 unspecified atom stereocenters. The first-order valence-corrected chi connectivity index (χ1v) is 6.86. The molecular weight excluding hydrogens is 306 g/mol. The first kappa shape index (κ1) is 15.3. The molecule has 10 nitrogen and oxygen atoms in total. The van der Waals surface area contributed by atoms with Gasteiger partial charge >= 0.3 is 5.69 Å². The number of aromatic amines is 1. The highest BCUT2D eigenvalue weighted by Crippen LogP contribution is 2.29. The van der Waals surface area contributed by atoms with Gasteiger partial charge in [-0.15, -0.1) is 6.42 Å². The number of nitrogens with two attached hydrogens (primary N) is 1. The van der Waals surface area contributed by atoms with E-state index in [0.717, 1.165) is 9.13 Å².